The van der Waals surface area contributed by atoms with Gasteiger partial charge in [-0.1, -0.05) is 25.2 Å². The van der Waals surface area contributed by atoms with Crippen molar-refractivity contribution in [1.29, 1.82) is 0 Å². The molecular formula is C10H18N2O2S. The molecule has 0 fully saturated rings. The van der Waals surface area contributed by atoms with Gasteiger partial charge in [0.2, 0.25) is 0 Å². The van der Waals surface area contributed by atoms with E-state index < -0.39 is 5.60 Å². The molecule has 0 aromatic carbocycles. The van der Waals surface area contributed by atoms with Gasteiger partial charge >= 0.3 is 4.87 Å². The van der Waals surface area contributed by atoms with Crippen molar-refractivity contribution in [2.75, 3.05) is 6.54 Å². The SMILES string of the molecule is CC(C)C(C)(O)CNCc1csc(=O)[nH]1. The Morgan fingerprint density at radius 3 is 2.80 bits per heavy atom. The van der Waals surface area contributed by atoms with Gasteiger partial charge in [0, 0.05) is 24.2 Å². The lowest BCUT2D eigenvalue weighted by atomic mass is 9.92. The first kappa shape index (κ1) is 12.4. The van der Waals surface area contributed by atoms with Gasteiger partial charge in [-0.3, -0.25) is 4.79 Å². The number of H-pyrrole nitrogens is 1. The minimum absolute atomic E-state index is 0.0394. The number of aromatic nitrogens is 1. The van der Waals surface area contributed by atoms with E-state index in [9.17, 15) is 9.90 Å². The van der Waals surface area contributed by atoms with Crippen LogP contribution < -0.4 is 10.2 Å². The van der Waals surface area contributed by atoms with Gasteiger partial charge < -0.3 is 15.4 Å². The Balaban J connectivity index is 2.36. The van der Waals surface area contributed by atoms with Crippen LogP contribution in [0.25, 0.3) is 0 Å². The van der Waals surface area contributed by atoms with Crippen molar-refractivity contribution in [2.24, 2.45) is 5.92 Å². The number of aromatic amines is 1. The van der Waals surface area contributed by atoms with Gasteiger partial charge in [-0.15, -0.1) is 0 Å². The van der Waals surface area contributed by atoms with Crippen molar-refractivity contribution in [3.8, 4) is 0 Å². The summed E-state index contributed by atoms with van der Waals surface area (Å²) in [4.78, 5) is 13.5. The maximum Gasteiger partial charge on any atom is 0.304 e. The summed E-state index contributed by atoms with van der Waals surface area (Å²) >= 11 is 1.16. The molecule has 0 saturated carbocycles. The summed E-state index contributed by atoms with van der Waals surface area (Å²) in [5.74, 6) is 0.200. The van der Waals surface area contributed by atoms with Crippen LogP contribution in [0.4, 0.5) is 0 Å². The molecule has 1 rings (SSSR count). The highest BCUT2D eigenvalue weighted by molar-refractivity contribution is 7.07. The molecular weight excluding hydrogens is 212 g/mol. The van der Waals surface area contributed by atoms with Crippen molar-refractivity contribution in [2.45, 2.75) is 32.9 Å². The standard InChI is InChI=1S/C10H18N2O2S/c1-7(2)10(3,14)6-11-4-8-5-15-9(13)12-8/h5,7,11,14H,4,6H2,1-3H3,(H,12,13). The maximum absolute atomic E-state index is 10.8. The summed E-state index contributed by atoms with van der Waals surface area (Å²) in [5, 5.41) is 14.9. The molecule has 1 heterocycles. The maximum atomic E-state index is 10.8. The van der Waals surface area contributed by atoms with Crippen LogP contribution in [0.1, 0.15) is 26.5 Å². The second-order valence-corrected chi connectivity index (χ2v) is 5.13. The van der Waals surface area contributed by atoms with Crippen molar-refractivity contribution in [3.63, 3.8) is 0 Å². The number of nitrogens with one attached hydrogen (secondary N) is 2. The third-order valence-corrected chi connectivity index (χ3v) is 3.33. The molecule has 1 aromatic heterocycles. The molecule has 5 heteroatoms. The summed E-state index contributed by atoms with van der Waals surface area (Å²) in [6.45, 7) is 6.87. The van der Waals surface area contributed by atoms with Crippen molar-refractivity contribution in [1.82, 2.24) is 10.3 Å². The number of rotatable bonds is 5. The van der Waals surface area contributed by atoms with E-state index in [1.165, 1.54) is 0 Å². The van der Waals surface area contributed by atoms with Crippen LogP contribution >= 0.6 is 11.3 Å². The first-order chi connectivity index (χ1) is 6.92. The normalized spacial score (nSPS) is 15.5. The molecule has 0 radical (unpaired) electrons. The summed E-state index contributed by atoms with van der Waals surface area (Å²) in [6.07, 6.45) is 0. The lowest BCUT2D eigenvalue weighted by Gasteiger charge is -2.27. The smallest absolute Gasteiger partial charge is 0.304 e. The van der Waals surface area contributed by atoms with Crippen molar-refractivity contribution >= 4 is 11.3 Å². The second kappa shape index (κ2) is 4.92. The van der Waals surface area contributed by atoms with Gasteiger partial charge in [-0.05, 0) is 12.8 Å². The molecule has 0 aliphatic heterocycles. The molecule has 0 bridgehead atoms. The molecule has 4 nitrogen and oxygen atoms in total. The van der Waals surface area contributed by atoms with Crippen LogP contribution in [0.5, 0.6) is 0 Å². The Morgan fingerprint density at radius 1 is 1.67 bits per heavy atom. The number of hydrogen-bond acceptors (Lipinski definition) is 4. The summed E-state index contributed by atoms with van der Waals surface area (Å²) in [7, 11) is 0. The Kier molecular flexibility index (Phi) is 4.07. The molecule has 3 N–H and O–H groups in total. The molecule has 0 spiro atoms. The van der Waals surface area contributed by atoms with E-state index in [0.29, 0.717) is 13.1 Å². The molecule has 1 unspecified atom stereocenters. The minimum Gasteiger partial charge on any atom is -0.389 e. The van der Waals surface area contributed by atoms with Gasteiger partial charge in [0.1, 0.15) is 0 Å². The van der Waals surface area contributed by atoms with Gasteiger partial charge in [-0.25, -0.2) is 0 Å². The monoisotopic (exact) mass is 230 g/mol. The Hall–Kier alpha value is -0.650. The minimum atomic E-state index is -0.712. The summed E-state index contributed by atoms with van der Waals surface area (Å²) < 4.78 is 0. The van der Waals surface area contributed by atoms with Crippen LogP contribution in [-0.2, 0) is 6.54 Å². The average molecular weight is 230 g/mol. The van der Waals surface area contributed by atoms with Gasteiger partial charge in [0.05, 0.1) is 5.60 Å². The van der Waals surface area contributed by atoms with Gasteiger partial charge in [-0.2, -0.15) is 0 Å². The van der Waals surface area contributed by atoms with E-state index in [-0.39, 0.29) is 10.8 Å². The predicted molar refractivity (Wildman–Crippen MR) is 62.1 cm³/mol. The van der Waals surface area contributed by atoms with Crippen LogP contribution in [0.3, 0.4) is 0 Å². The first-order valence-electron chi connectivity index (χ1n) is 5.01. The van der Waals surface area contributed by atoms with E-state index in [1.54, 1.807) is 12.3 Å². The van der Waals surface area contributed by atoms with E-state index in [0.717, 1.165) is 17.0 Å². The third kappa shape index (κ3) is 3.77. The molecule has 86 valence electrons. The lowest BCUT2D eigenvalue weighted by molar-refractivity contribution is 0.0139. The van der Waals surface area contributed by atoms with E-state index in [1.807, 2.05) is 13.8 Å². The zero-order valence-electron chi connectivity index (χ0n) is 9.33. The van der Waals surface area contributed by atoms with E-state index >= 15 is 0 Å². The summed E-state index contributed by atoms with van der Waals surface area (Å²) in [5.41, 5.74) is 0.153. The largest absolute Gasteiger partial charge is 0.389 e. The topological polar surface area (TPSA) is 65.1 Å². The number of thiazole rings is 1. The molecule has 15 heavy (non-hydrogen) atoms. The van der Waals surface area contributed by atoms with Crippen LogP contribution in [0.15, 0.2) is 10.2 Å². The molecule has 0 aliphatic carbocycles. The fourth-order valence-corrected chi connectivity index (χ4v) is 1.64. The zero-order chi connectivity index (χ0) is 11.5. The Bertz CT molecular complexity index is 354. The van der Waals surface area contributed by atoms with Gasteiger partial charge in [0.25, 0.3) is 0 Å². The summed E-state index contributed by atoms with van der Waals surface area (Å²) in [6, 6.07) is 0. The third-order valence-electron chi connectivity index (χ3n) is 2.61. The first-order valence-corrected chi connectivity index (χ1v) is 5.89. The van der Waals surface area contributed by atoms with Crippen LogP contribution in [-0.4, -0.2) is 22.2 Å². The van der Waals surface area contributed by atoms with E-state index in [4.69, 9.17) is 0 Å². The number of hydrogen-bond donors (Lipinski definition) is 3. The molecule has 0 amide bonds. The fraction of sp³-hybridized carbons (Fsp3) is 0.700. The van der Waals surface area contributed by atoms with Crippen LogP contribution in [0, 0.1) is 5.92 Å². The van der Waals surface area contributed by atoms with Gasteiger partial charge in [0.15, 0.2) is 0 Å². The fourth-order valence-electron chi connectivity index (χ4n) is 1.05. The highest BCUT2D eigenvalue weighted by atomic mass is 32.1. The molecule has 0 aliphatic rings. The zero-order valence-corrected chi connectivity index (χ0v) is 10.1. The molecule has 1 aromatic rings. The Labute approximate surface area is 93.4 Å². The molecule has 0 saturated heterocycles. The number of aliphatic hydroxyl groups is 1. The Morgan fingerprint density at radius 2 is 2.33 bits per heavy atom. The lowest BCUT2D eigenvalue weighted by Crippen LogP contribution is -2.42. The molecule has 1 atom stereocenters. The van der Waals surface area contributed by atoms with E-state index in [2.05, 4.69) is 10.3 Å². The highest BCUT2D eigenvalue weighted by Gasteiger charge is 2.23. The predicted octanol–water partition coefficient (Wildman–Crippen LogP) is 0.933. The second-order valence-electron chi connectivity index (χ2n) is 4.29. The van der Waals surface area contributed by atoms with Crippen molar-refractivity contribution in [3.05, 3.63) is 20.7 Å². The average Bonchev–Trinajstić information content (AvgIpc) is 2.51. The van der Waals surface area contributed by atoms with Crippen LogP contribution in [0.2, 0.25) is 0 Å². The quantitative estimate of drug-likeness (QED) is 0.705. The van der Waals surface area contributed by atoms with Crippen molar-refractivity contribution < 1.29 is 5.11 Å². The highest BCUT2D eigenvalue weighted by Crippen LogP contribution is 2.14.